The Kier molecular flexibility index (Phi) is 5.63. The van der Waals surface area contributed by atoms with Crippen LogP contribution in [-0.4, -0.2) is 23.5 Å². The van der Waals surface area contributed by atoms with Gasteiger partial charge in [-0.25, -0.2) is 4.79 Å². The highest BCUT2D eigenvalue weighted by atomic mass is 16.2. The highest BCUT2D eigenvalue weighted by Crippen LogP contribution is 2.08. The van der Waals surface area contributed by atoms with Gasteiger partial charge in [-0.15, -0.1) is 0 Å². The highest BCUT2D eigenvalue weighted by molar-refractivity contribution is 5.90. The van der Waals surface area contributed by atoms with Crippen LogP contribution >= 0.6 is 0 Å². The molecular formula is C12H19N5O. The largest absolute Gasteiger partial charge is 0.370 e. The molecule has 1 rings (SSSR count). The molecule has 2 amide bonds. The van der Waals surface area contributed by atoms with Crippen molar-refractivity contribution in [3.63, 3.8) is 0 Å². The van der Waals surface area contributed by atoms with Gasteiger partial charge in [-0.2, -0.15) is 4.99 Å². The summed E-state index contributed by atoms with van der Waals surface area (Å²) in [5.74, 6) is 0.202. The third kappa shape index (κ3) is 5.83. The molecule has 0 aromatic carbocycles. The number of pyridine rings is 1. The van der Waals surface area contributed by atoms with Gasteiger partial charge in [0.1, 0.15) is 0 Å². The molecule has 0 aliphatic rings. The van der Waals surface area contributed by atoms with Gasteiger partial charge < -0.3 is 16.8 Å². The average Bonchev–Trinajstić information content (AvgIpc) is 2.29. The Balaban J connectivity index is 2.24. The van der Waals surface area contributed by atoms with Gasteiger partial charge in [0.2, 0.25) is 0 Å². The summed E-state index contributed by atoms with van der Waals surface area (Å²) < 4.78 is 0. The van der Waals surface area contributed by atoms with E-state index >= 15 is 0 Å². The number of nitrogens with one attached hydrogen (secondary N) is 1. The lowest BCUT2D eigenvalue weighted by Crippen LogP contribution is -2.29. The molecule has 0 saturated carbocycles. The first-order valence-electron chi connectivity index (χ1n) is 5.85. The second-order valence-electron chi connectivity index (χ2n) is 4.19. The lowest BCUT2D eigenvalue weighted by Gasteiger charge is -2.10. The van der Waals surface area contributed by atoms with Crippen molar-refractivity contribution < 1.29 is 4.79 Å². The van der Waals surface area contributed by atoms with Gasteiger partial charge in [0.15, 0.2) is 5.96 Å². The summed E-state index contributed by atoms with van der Waals surface area (Å²) in [6.07, 6.45) is 3.52. The van der Waals surface area contributed by atoms with E-state index in [0.29, 0.717) is 12.5 Å². The van der Waals surface area contributed by atoms with Crippen molar-refractivity contribution in [2.75, 3.05) is 6.54 Å². The molecule has 1 unspecified atom stereocenters. The number of rotatable bonds is 5. The van der Waals surface area contributed by atoms with E-state index in [-0.39, 0.29) is 5.96 Å². The first kappa shape index (κ1) is 14.0. The van der Waals surface area contributed by atoms with Crippen LogP contribution < -0.4 is 16.8 Å². The minimum Gasteiger partial charge on any atom is -0.370 e. The van der Waals surface area contributed by atoms with E-state index in [2.05, 4.69) is 22.2 Å². The molecule has 0 aliphatic heterocycles. The number of carbonyl (C=O) groups excluding carboxylic acids is 1. The molecule has 0 radical (unpaired) electrons. The third-order valence-electron chi connectivity index (χ3n) is 2.43. The zero-order valence-corrected chi connectivity index (χ0v) is 10.5. The number of urea groups is 1. The molecule has 0 fully saturated rings. The lowest BCUT2D eigenvalue weighted by atomic mass is 10.0. The standard InChI is InChI=1S/C12H19N5O/c1-9(8-10-4-2-3-6-15-10)5-7-16-12(18)17-11(13)14/h2-4,6,9H,5,7-8H2,1H3,(H5,13,14,16,17,18). The molecule has 98 valence electrons. The number of nitrogens with two attached hydrogens (primary N) is 2. The Bertz CT molecular complexity index is 400. The predicted molar refractivity (Wildman–Crippen MR) is 70.9 cm³/mol. The van der Waals surface area contributed by atoms with E-state index in [0.717, 1.165) is 18.5 Å². The van der Waals surface area contributed by atoms with E-state index in [1.807, 2.05) is 18.2 Å². The van der Waals surface area contributed by atoms with Gasteiger partial charge in [0, 0.05) is 18.4 Å². The number of amides is 2. The lowest BCUT2D eigenvalue weighted by molar-refractivity contribution is 0.248. The van der Waals surface area contributed by atoms with Crippen LogP contribution in [-0.2, 0) is 6.42 Å². The van der Waals surface area contributed by atoms with Crippen molar-refractivity contribution in [2.24, 2.45) is 22.4 Å². The molecule has 0 bridgehead atoms. The first-order valence-corrected chi connectivity index (χ1v) is 5.85. The average molecular weight is 249 g/mol. The molecule has 5 N–H and O–H groups in total. The van der Waals surface area contributed by atoms with E-state index in [1.165, 1.54) is 0 Å². The van der Waals surface area contributed by atoms with Crippen molar-refractivity contribution in [3.8, 4) is 0 Å². The maximum atomic E-state index is 11.1. The van der Waals surface area contributed by atoms with Gasteiger partial charge in [0.25, 0.3) is 0 Å². The summed E-state index contributed by atoms with van der Waals surface area (Å²) in [7, 11) is 0. The number of hydrogen-bond donors (Lipinski definition) is 3. The number of aromatic nitrogens is 1. The van der Waals surface area contributed by atoms with E-state index < -0.39 is 6.03 Å². The Morgan fingerprint density at radius 1 is 1.50 bits per heavy atom. The van der Waals surface area contributed by atoms with Gasteiger partial charge in [-0.3, -0.25) is 4.98 Å². The SMILES string of the molecule is CC(CCNC(=O)N=C(N)N)Cc1ccccn1. The topological polar surface area (TPSA) is 106 Å². The van der Waals surface area contributed by atoms with Gasteiger partial charge >= 0.3 is 6.03 Å². The maximum Gasteiger partial charge on any atom is 0.344 e. The fourth-order valence-corrected chi connectivity index (χ4v) is 1.56. The van der Waals surface area contributed by atoms with Crippen LogP contribution in [0.5, 0.6) is 0 Å². The molecule has 0 saturated heterocycles. The normalized spacial score (nSPS) is 11.6. The summed E-state index contributed by atoms with van der Waals surface area (Å²) in [6, 6.07) is 5.35. The Hall–Kier alpha value is -2.11. The van der Waals surface area contributed by atoms with Crippen molar-refractivity contribution in [1.29, 1.82) is 0 Å². The van der Waals surface area contributed by atoms with Crippen LogP contribution in [0.4, 0.5) is 4.79 Å². The zero-order valence-electron chi connectivity index (χ0n) is 10.5. The van der Waals surface area contributed by atoms with Crippen molar-refractivity contribution >= 4 is 12.0 Å². The maximum absolute atomic E-state index is 11.1. The van der Waals surface area contributed by atoms with Crippen LogP contribution in [0.1, 0.15) is 19.0 Å². The number of aliphatic imine (C=N–C) groups is 1. The third-order valence-corrected chi connectivity index (χ3v) is 2.43. The zero-order chi connectivity index (χ0) is 13.4. The van der Waals surface area contributed by atoms with Gasteiger partial charge in [-0.1, -0.05) is 13.0 Å². The minimum atomic E-state index is -0.500. The molecule has 1 aromatic heterocycles. The monoisotopic (exact) mass is 249 g/mol. The van der Waals surface area contributed by atoms with Crippen LogP contribution in [0.15, 0.2) is 29.4 Å². The molecule has 6 nitrogen and oxygen atoms in total. The summed E-state index contributed by atoms with van der Waals surface area (Å²) in [5.41, 5.74) is 11.2. The van der Waals surface area contributed by atoms with E-state index in [4.69, 9.17) is 11.5 Å². The summed E-state index contributed by atoms with van der Waals surface area (Å²) in [4.78, 5) is 18.7. The van der Waals surface area contributed by atoms with Crippen LogP contribution in [0.25, 0.3) is 0 Å². The smallest absolute Gasteiger partial charge is 0.344 e. The fraction of sp³-hybridized carbons (Fsp3) is 0.417. The van der Waals surface area contributed by atoms with E-state index in [1.54, 1.807) is 6.20 Å². The van der Waals surface area contributed by atoms with Crippen molar-refractivity contribution in [1.82, 2.24) is 10.3 Å². The number of nitrogens with zero attached hydrogens (tertiary/aromatic N) is 2. The second kappa shape index (κ2) is 7.26. The van der Waals surface area contributed by atoms with Gasteiger partial charge in [-0.05, 0) is 30.9 Å². The molecule has 1 heterocycles. The Morgan fingerprint density at radius 2 is 2.28 bits per heavy atom. The second-order valence-corrected chi connectivity index (χ2v) is 4.19. The molecule has 0 spiro atoms. The molecule has 6 heteroatoms. The molecule has 18 heavy (non-hydrogen) atoms. The molecule has 0 aliphatic carbocycles. The number of carbonyl (C=O) groups is 1. The Labute approximate surface area is 106 Å². The summed E-state index contributed by atoms with van der Waals surface area (Å²) in [6.45, 7) is 2.66. The van der Waals surface area contributed by atoms with Crippen LogP contribution in [0.3, 0.4) is 0 Å². The molecular weight excluding hydrogens is 230 g/mol. The number of guanidine groups is 1. The number of hydrogen-bond acceptors (Lipinski definition) is 2. The minimum absolute atomic E-state index is 0.228. The predicted octanol–water partition coefficient (Wildman–Crippen LogP) is 0.633. The summed E-state index contributed by atoms with van der Waals surface area (Å²) >= 11 is 0. The van der Waals surface area contributed by atoms with Crippen LogP contribution in [0.2, 0.25) is 0 Å². The molecule has 1 atom stereocenters. The summed E-state index contributed by atoms with van der Waals surface area (Å²) in [5, 5.41) is 2.62. The molecule has 1 aromatic rings. The first-order chi connectivity index (χ1) is 8.58. The van der Waals surface area contributed by atoms with E-state index in [9.17, 15) is 4.79 Å². The Morgan fingerprint density at radius 3 is 2.89 bits per heavy atom. The highest BCUT2D eigenvalue weighted by Gasteiger charge is 2.05. The van der Waals surface area contributed by atoms with Crippen molar-refractivity contribution in [2.45, 2.75) is 19.8 Å². The van der Waals surface area contributed by atoms with Crippen LogP contribution in [0, 0.1) is 5.92 Å². The van der Waals surface area contributed by atoms with Gasteiger partial charge in [0.05, 0.1) is 0 Å². The quantitative estimate of drug-likeness (QED) is 0.525. The van der Waals surface area contributed by atoms with Crippen molar-refractivity contribution in [3.05, 3.63) is 30.1 Å². The fourth-order valence-electron chi connectivity index (χ4n) is 1.56.